The first kappa shape index (κ1) is 33.7. The van der Waals surface area contributed by atoms with Crippen LogP contribution in [0.3, 0.4) is 0 Å². The molecule has 1 aliphatic rings. The minimum atomic E-state index is -0.0392. The van der Waals surface area contributed by atoms with Crippen LogP contribution in [-0.4, -0.2) is 4.40 Å². The summed E-state index contributed by atoms with van der Waals surface area (Å²) in [5.74, 6) is 0. The summed E-state index contributed by atoms with van der Waals surface area (Å²) in [5, 5.41) is 5.19. The molecule has 278 valence electrons. The van der Waals surface area contributed by atoms with E-state index in [-0.39, 0.29) is 5.41 Å². The standard InChI is InChI=1S/C57H40N2/c1-57(2)52-20-8-6-14-46(52)47-35-28-41(36-53(47)57)39-24-31-43(32-25-39)58(42-29-22-38(23-30-42)37-12-4-3-5-13-37)44-33-26-40(27-34-44)45-16-10-18-50-51-19-11-17-49-48-15-7-9-21-54(48)59(55(45)50)56(49)51/h3-36H,1-2H3. The van der Waals surface area contributed by atoms with Crippen LogP contribution in [0.2, 0.25) is 0 Å². The monoisotopic (exact) mass is 752 g/mol. The fraction of sp³-hybridized carbons (Fsp3) is 0.0526. The van der Waals surface area contributed by atoms with Gasteiger partial charge in [0.15, 0.2) is 0 Å². The minimum Gasteiger partial charge on any atom is -0.311 e. The van der Waals surface area contributed by atoms with Gasteiger partial charge in [-0.05, 0) is 98.6 Å². The van der Waals surface area contributed by atoms with Gasteiger partial charge in [0, 0.05) is 49.6 Å². The zero-order valence-corrected chi connectivity index (χ0v) is 33.0. The lowest BCUT2D eigenvalue weighted by Crippen LogP contribution is -2.14. The van der Waals surface area contributed by atoms with E-state index in [2.05, 4.69) is 229 Å². The number of fused-ring (bicyclic) bond motifs is 9. The van der Waals surface area contributed by atoms with Crippen molar-refractivity contribution in [3.8, 4) is 44.5 Å². The van der Waals surface area contributed by atoms with Crippen LogP contribution in [0.25, 0.3) is 82.6 Å². The predicted molar refractivity (Wildman–Crippen MR) is 250 cm³/mol. The molecular formula is C57H40N2. The van der Waals surface area contributed by atoms with Crippen molar-refractivity contribution in [2.75, 3.05) is 4.90 Å². The van der Waals surface area contributed by atoms with Crippen LogP contribution in [0.4, 0.5) is 17.1 Å². The van der Waals surface area contributed by atoms with E-state index in [1.54, 1.807) is 0 Å². The van der Waals surface area contributed by atoms with Crippen LogP contribution in [0.1, 0.15) is 25.0 Å². The molecule has 0 unspecified atom stereocenters. The summed E-state index contributed by atoms with van der Waals surface area (Å²) in [7, 11) is 0. The first-order valence-corrected chi connectivity index (χ1v) is 20.6. The van der Waals surface area contributed by atoms with Crippen molar-refractivity contribution in [3.63, 3.8) is 0 Å². The molecule has 11 aromatic rings. The van der Waals surface area contributed by atoms with Crippen LogP contribution < -0.4 is 4.90 Å². The number of aromatic nitrogens is 1. The topological polar surface area (TPSA) is 7.65 Å². The van der Waals surface area contributed by atoms with Gasteiger partial charge in [-0.1, -0.05) is 172 Å². The molecule has 0 saturated heterocycles. The van der Waals surface area contributed by atoms with E-state index in [9.17, 15) is 0 Å². The first-order valence-electron chi connectivity index (χ1n) is 20.6. The van der Waals surface area contributed by atoms with E-state index >= 15 is 0 Å². The lowest BCUT2D eigenvalue weighted by molar-refractivity contribution is 0.660. The second-order valence-corrected chi connectivity index (χ2v) is 16.5. The Kier molecular flexibility index (Phi) is 7.31. The smallest absolute Gasteiger partial charge is 0.0620 e. The summed E-state index contributed by atoms with van der Waals surface area (Å²) in [6, 6.07) is 75.9. The number of para-hydroxylation sites is 3. The SMILES string of the molecule is CC1(C)c2ccccc2-c2ccc(-c3ccc(N(c4ccc(-c5ccccc5)cc4)c4ccc(-c5cccc6c7cccc8c9ccccc9n(c56)c87)cc4)cc3)cc21. The number of rotatable bonds is 6. The first-order chi connectivity index (χ1) is 29.0. The highest BCUT2D eigenvalue weighted by Gasteiger charge is 2.35. The van der Waals surface area contributed by atoms with Gasteiger partial charge in [0.05, 0.1) is 16.6 Å². The highest BCUT2D eigenvalue weighted by Crippen LogP contribution is 2.50. The maximum absolute atomic E-state index is 2.49. The van der Waals surface area contributed by atoms with Crippen LogP contribution in [0, 0.1) is 0 Å². The Hall–Kier alpha value is -7.42. The molecule has 0 amide bonds. The van der Waals surface area contributed by atoms with Gasteiger partial charge in [-0.15, -0.1) is 0 Å². The molecule has 2 aromatic heterocycles. The third kappa shape index (κ3) is 5.06. The maximum Gasteiger partial charge on any atom is 0.0620 e. The van der Waals surface area contributed by atoms with Gasteiger partial charge in [-0.25, -0.2) is 0 Å². The van der Waals surface area contributed by atoms with Crippen LogP contribution in [-0.2, 0) is 5.41 Å². The van der Waals surface area contributed by atoms with Crippen molar-refractivity contribution in [1.82, 2.24) is 4.40 Å². The summed E-state index contributed by atoms with van der Waals surface area (Å²) in [6.45, 7) is 4.70. The number of hydrogen-bond donors (Lipinski definition) is 0. The summed E-state index contributed by atoms with van der Waals surface area (Å²) in [6.07, 6.45) is 0. The van der Waals surface area contributed by atoms with Crippen molar-refractivity contribution in [2.45, 2.75) is 19.3 Å². The van der Waals surface area contributed by atoms with E-state index in [1.165, 1.54) is 93.7 Å². The zero-order chi connectivity index (χ0) is 39.2. The maximum atomic E-state index is 2.49. The molecule has 0 N–H and O–H groups in total. The summed E-state index contributed by atoms with van der Waals surface area (Å²) in [5.41, 5.74) is 19.9. The largest absolute Gasteiger partial charge is 0.311 e. The number of benzene rings is 9. The highest BCUT2D eigenvalue weighted by atomic mass is 15.1. The molecule has 0 atom stereocenters. The molecule has 2 nitrogen and oxygen atoms in total. The third-order valence-electron chi connectivity index (χ3n) is 13.0. The molecule has 0 spiro atoms. The molecule has 2 heteroatoms. The Morgan fingerprint density at radius 1 is 0.339 bits per heavy atom. The van der Waals surface area contributed by atoms with E-state index in [1.807, 2.05) is 0 Å². The van der Waals surface area contributed by atoms with Crippen molar-refractivity contribution >= 4 is 55.2 Å². The number of nitrogens with zero attached hydrogens (tertiary/aromatic N) is 2. The van der Waals surface area contributed by atoms with Crippen LogP contribution >= 0.6 is 0 Å². The Morgan fingerprint density at radius 3 is 1.53 bits per heavy atom. The number of anilines is 3. The molecular weight excluding hydrogens is 713 g/mol. The van der Waals surface area contributed by atoms with Crippen LogP contribution in [0.5, 0.6) is 0 Å². The summed E-state index contributed by atoms with van der Waals surface area (Å²) >= 11 is 0. The van der Waals surface area contributed by atoms with Gasteiger partial charge in [-0.2, -0.15) is 0 Å². The quantitative estimate of drug-likeness (QED) is 0.164. The Labute approximate surface area is 344 Å². The van der Waals surface area contributed by atoms with Gasteiger partial charge < -0.3 is 9.30 Å². The second-order valence-electron chi connectivity index (χ2n) is 16.5. The summed E-state index contributed by atoms with van der Waals surface area (Å²) < 4.78 is 2.49. The fourth-order valence-electron chi connectivity index (χ4n) is 10.1. The molecule has 12 rings (SSSR count). The van der Waals surface area contributed by atoms with E-state index < -0.39 is 0 Å². The van der Waals surface area contributed by atoms with Crippen molar-refractivity contribution in [2.24, 2.45) is 0 Å². The predicted octanol–water partition coefficient (Wildman–Crippen LogP) is 15.6. The molecule has 0 saturated carbocycles. The Balaban J connectivity index is 0.953. The van der Waals surface area contributed by atoms with Crippen molar-refractivity contribution in [1.29, 1.82) is 0 Å². The second kappa shape index (κ2) is 12.8. The third-order valence-corrected chi connectivity index (χ3v) is 13.0. The minimum absolute atomic E-state index is 0.0392. The van der Waals surface area contributed by atoms with E-state index in [4.69, 9.17) is 0 Å². The lowest BCUT2D eigenvalue weighted by atomic mass is 9.81. The normalized spacial score (nSPS) is 13.1. The fourth-order valence-corrected chi connectivity index (χ4v) is 10.1. The molecule has 1 aliphatic carbocycles. The summed E-state index contributed by atoms with van der Waals surface area (Å²) in [4.78, 5) is 2.37. The number of hydrogen-bond acceptors (Lipinski definition) is 1. The molecule has 0 fully saturated rings. The van der Waals surface area contributed by atoms with Gasteiger partial charge in [0.25, 0.3) is 0 Å². The molecule has 2 heterocycles. The van der Waals surface area contributed by atoms with E-state index in [0.717, 1.165) is 17.1 Å². The van der Waals surface area contributed by atoms with Gasteiger partial charge in [0.2, 0.25) is 0 Å². The molecule has 59 heavy (non-hydrogen) atoms. The highest BCUT2D eigenvalue weighted by molar-refractivity contribution is 6.25. The average Bonchev–Trinajstić information content (AvgIpc) is 3.90. The van der Waals surface area contributed by atoms with Gasteiger partial charge in [0.1, 0.15) is 0 Å². The van der Waals surface area contributed by atoms with E-state index in [0.29, 0.717) is 0 Å². The zero-order valence-electron chi connectivity index (χ0n) is 33.0. The van der Waals surface area contributed by atoms with Gasteiger partial charge >= 0.3 is 0 Å². The Morgan fingerprint density at radius 2 is 0.814 bits per heavy atom. The van der Waals surface area contributed by atoms with Gasteiger partial charge in [-0.3, -0.25) is 0 Å². The van der Waals surface area contributed by atoms with Crippen LogP contribution in [0.15, 0.2) is 206 Å². The lowest BCUT2D eigenvalue weighted by Gasteiger charge is -2.26. The Bertz CT molecular complexity index is 3370. The molecule has 9 aromatic carbocycles. The van der Waals surface area contributed by atoms with Crippen molar-refractivity contribution < 1.29 is 0 Å². The average molecular weight is 753 g/mol. The molecule has 0 radical (unpaired) electrons. The van der Waals surface area contributed by atoms with Crippen molar-refractivity contribution in [3.05, 3.63) is 217 Å². The molecule has 0 aliphatic heterocycles. The molecule has 0 bridgehead atoms.